The normalized spacial score (nSPS) is 11.7. The summed E-state index contributed by atoms with van der Waals surface area (Å²) in [7, 11) is 3.88. The van der Waals surface area contributed by atoms with E-state index in [2.05, 4.69) is 41.4 Å². The number of aliphatic imine (C=N–C) groups is 1. The van der Waals surface area contributed by atoms with Gasteiger partial charge in [0.05, 0.1) is 6.26 Å². The summed E-state index contributed by atoms with van der Waals surface area (Å²) in [5.74, 6) is 2.41. The minimum absolute atomic E-state index is 0. The number of halogens is 1. The molecule has 1 aromatic heterocycles. The summed E-state index contributed by atoms with van der Waals surface area (Å²) in [4.78, 5) is 6.94. The van der Waals surface area contributed by atoms with Gasteiger partial charge < -0.3 is 24.7 Å². The molecule has 0 saturated heterocycles. The zero-order chi connectivity index (χ0) is 17.6. The summed E-state index contributed by atoms with van der Waals surface area (Å²) in [6.45, 7) is 9.67. The fourth-order valence-electron chi connectivity index (χ4n) is 2.16. The Balaban J connectivity index is 0.00000576. The van der Waals surface area contributed by atoms with Crippen molar-refractivity contribution < 1.29 is 9.15 Å². The number of rotatable bonds is 12. The Bertz CT molecular complexity index is 438. The molecule has 6 nitrogen and oxygen atoms in total. The molecule has 146 valence electrons. The Morgan fingerprint density at radius 3 is 2.68 bits per heavy atom. The molecule has 7 heteroatoms. The van der Waals surface area contributed by atoms with Crippen LogP contribution in [0.5, 0.6) is 0 Å². The van der Waals surface area contributed by atoms with Crippen molar-refractivity contribution in [3.05, 3.63) is 24.2 Å². The molecule has 0 atom stereocenters. The average molecular weight is 466 g/mol. The van der Waals surface area contributed by atoms with E-state index < -0.39 is 0 Å². The molecule has 1 rings (SSSR count). The average Bonchev–Trinajstić information content (AvgIpc) is 3.05. The maximum Gasteiger partial charge on any atom is 0.191 e. The molecule has 0 bridgehead atoms. The highest BCUT2D eigenvalue weighted by Gasteiger charge is 2.03. The standard InChI is InChI=1S/C18H34N4O2.HI/c1-16(2)15-21-18(19-9-8-17-7-5-14-24-17)20-10-12-22(3)11-6-13-23-4;/h5,7,14,16H,6,8-13,15H2,1-4H3,(H2,19,20,21);1H. The molecule has 0 aliphatic rings. The molecule has 0 fully saturated rings. The van der Waals surface area contributed by atoms with Gasteiger partial charge in [0.1, 0.15) is 5.76 Å². The van der Waals surface area contributed by atoms with E-state index in [-0.39, 0.29) is 24.0 Å². The molecule has 0 spiro atoms. The molecular weight excluding hydrogens is 431 g/mol. The molecule has 0 amide bonds. The Kier molecular flexibility index (Phi) is 15.0. The highest BCUT2D eigenvalue weighted by Crippen LogP contribution is 1.99. The summed E-state index contributed by atoms with van der Waals surface area (Å²) >= 11 is 0. The lowest BCUT2D eigenvalue weighted by molar-refractivity contribution is 0.180. The van der Waals surface area contributed by atoms with Crippen LogP contribution >= 0.6 is 24.0 Å². The van der Waals surface area contributed by atoms with Crippen LogP contribution in [-0.4, -0.2) is 64.3 Å². The van der Waals surface area contributed by atoms with Crippen LogP contribution in [0, 0.1) is 5.92 Å². The van der Waals surface area contributed by atoms with Gasteiger partial charge in [0.2, 0.25) is 0 Å². The molecule has 0 aliphatic carbocycles. The quantitative estimate of drug-likeness (QED) is 0.215. The molecule has 1 aromatic rings. The number of nitrogens with zero attached hydrogens (tertiary/aromatic N) is 2. The van der Waals surface area contributed by atoms with Gasteiger partial charge in [0.25, 0.3) is 0 Å². The smallest absolute Gasteiger partial charge is 0.191 e. The lowest BCUT2D eigenvalue weighted by Crippen LogP contribution is -2.42. The fraction of sp³-hybridized carbons (Fsp3) is 0.722. The minimum Gasteiger partial charge on any atom is -0.469 e. The lowest BCUT2D eigenvalue weighted by atomic mass is 10.2. The second-order valence-corrected chi connectivity index (χ2v) is 6.42. The van der Waals surface area contributed by atoms with Crippen molar-refractivity contribution in [2.24, 2.45) is 10.9 Å². The number of furan rings is 1. The van der Waals surface area contributed by atoms with Gasteiger partial charge in [0, 0.05) is 52.9 Å². The van der Waals surface area contributed by atoms with Crippen molar-refractivity contribution in [2.75, 3.05) is 53.5 Å². The summed E-state index contributed by atoms with van der Waals surface area (Å²) in [6.07, 6.45) is 3.62. The van der Waals surface area contributed by atoms with Gasteiger partial charge in [-0.25, -0.2) is 0 Å². The Morgan fingerprint density at radius 2 is 2.04 bits per heavy atom. The molecule has 0 aliphatic heterocycles. The number of likely N-dealkylation sites (N-methyl/N-ethyl adjacent to an activating group) is 1. The number of guanidine groups is 1. The Morgan fingerprint density at radius 1 is 1.28 bits per heavy atom. The third-order valence-corrected chi connectivity index (χ3v) is 3.53. The van der Waals surface area contributed by atoms with E-state index >= 15 is 0 Å². The van der Waals surface area contributed by atoms with Gasteiger partial charge >= 0.3 is 0 Å². The van der Waals surface area contributed by atoms with Gasteiger partial charge in [-0.05, 0) is 31.5 Å². The van der Waals surface area contributed by atoms with Crippen molar-refractivity contribution in [1.29, 1.82) is 0 Å². The van der Waals surface area contributed by atoms with E-state index in [9.17, 15) is 0 Å². The summed E-state index contributed by atoms with van der Waals surface area (Å²) in [5.41, 5.74) is 0. The second-order valence-electron chi connectivity index (χ2n) is 6.42. The van der Waals surface area contributed by atoms with Crippen LogP contribution in [0.2, 0.25) is 0 Å². The molecule has 0 saturated carbocycles. The van der Waals surface area contributed by atoms with E-state index in [1.807, 2.05) is 12.1 Å². The van der Waals surface area contributed by atoms with Gasteiger partial charge in [-0.3, -0.25) is 4.99 Å². The first-order valence-electron chi connectivity index (χ1n) is 8.84. The number of methoxy groups -OCH3 is 1. The maximum atomic E-state index is 5.36. The van der Waals surface area contributed by atoms with Gasteiger partial charge in [-0.2, -0.15) is 0 Å². The first kappa shape index (κ1) is 24.2. The molecule has 0 unspecified atom stereocenters. The van der Waals surface area contributed by atoms with Crippen LogP contribution < -0.4 is 10.6 Å². The van der Waals surface area contributed by atoms with E-state index in [4.69, 9.17) is 9.15 Å². The topological polar surface area (TPSA) is 62.0 Å². The fourth-order valence-corrected chi connectivity index (χ4v) is 2.16. The van der Waals surface area contributed by atoms with Crippen molar-refractivity contribution in [3.63, 3.8) is 0 Å². The Hall–Kier alpha value is -0.800. The molecule has 1 heterocycles. The molecule has 0 aromatic carbocycles. The summed E-state index contributed by atoms with van der Waals surface area (Å²) in [5, 5.41) is 6.79. The highest BCUT2D eigenvalue weighted by atomic mass is 127. The second kappa shape index (κ2) is 15.5. The van der Waals surface area contributed by atoms with E-state index in [0.717, 1.165) is 63.9 Å². The first-order valence-corrected chi connectivity index (χ1v) is 8.84. The largest absolute Gasteiger partial charge is 0.469 e. The first-order chi connectivity index (χ1) is 11.6. The van der Waals surface area contributed by atoms with Crippen LogP contribution in [-0.2, 0) is 11.2 Å². The van der Waals surface area contributed by atoms with E-state index in [1.165, 1.54) is 0 Å². The van der Waals surface area contributed by atoms with Crippen LogP contribution in [0.25, 0.3) is 0 Å². The third-order valence-electron chi connectivity index (χ3n) is 3.53. The number of nitrogens with one attached hydrogen (secondary N) is 2. The lowest BCUT2D eigenvalue weighted by Gasteiger charge is -2.18. The van der Waals surface area contributed by atoms with E-state index in [0.29, 0.717) is 5.92 Å². The molecule has 25 heavy (non-hydrogen) atoms. The molecular formula is C18H35IN4O2. The molecule has 2 N–H and O–H groups in total. The summed E-state index contributed by atoms with van der Waals surface area (Å²) < 4.78 is 10.4. The molecule has 0 radical (unpaired) electrons. The monoisotopic (exact) mass is 466 g/mol. The van der Waals surface area contributed by atoms with Crippen molar-refractivity contribution >= 4 is 29.9 Å². The zero-order valence-corrected chi connectivity index (χ0v) is 18.4. The van der Waals surface area contributed by atoms with Crippen molar-refractivity contribution in [1.82, 2.24) is 15.5 Å². The number of hydrogen-bond acceptors (Lipinski definition) is 4. The van der Waals surface area contributed by atoms with Crippen LogP contribution in [0.15, 0.2) is 27.8 Å². The minimum atomic E-state index is 0. The van der Waals surface area contributed by atoms with Crippen LogP contribution in [0.1, 0.15) is 26.0 Å². The van der Waals surface area contributed by atoms with Crippen molar-refractivity contribution in [2.45, 2.75) is 26.7 Å². The van der Waals surface area contributed by atoms with Gasteiger partial charge in [-0.1, -0.05) is 13.8 Å². The Labute approximate surface area is 169 Å². The zero-order valence-electron chi connectivity index (χ0n) is 16.1. The van der Waals surface area contributed by atoms with Crippen LogP contribution in [0.4, 0.5) is 0 Å². The predicted octanol–water partition coefficient (Wildman–Crippen LogP) is 2.60. The van der Waals surface area contributed by atoms with Gasteiger partial charge in [0.15, 0.2) is 5.96 Å². The third kappa shape index (κ3) is 13.1. The number of hydrogen-bond donors (Lipinski definition) is 2. The van der Waals surface area contributed by atoms with E-state index in [1.54, 1.807) is 13.4 Å². The number of ether oxygens (including phenoxy) is 1. The van der Waals surface area contributed by atoms with Crippen molar-refractivity contribution in [3.8, 4) is 0 Å². The predicted molar refractivity (Wildman–Crippen MR) is 115 cm³/mol. The SMILES string of the molecule is COCCCN(C)CCNC(=NCC(C)C)NCCc1ccco1.I. The summed E-state index contributed by atoms with van der Waals surface area (Å²) in [6, 6.07) is 3.91. The van der Waals surface area contributed by atoms with Crippen LogP contribution in [0.3, 0.4) is 0 Å². The highest BCUT2D eigenvalue weighted by molar-refractivity contribution is 14.0. The van der Waals surface area contributed by atoms with Gasteiger partial charge in [-0.15, -0.1) is 24.0 Å². The maximum absolute atomic E-state index is 5.36.